The maximum absolute atomic E-state index is 6.56. The summed E-state index contributed by atoms with van der Waals surface area (Å²) in [5.41, 5.74) is 6.38. The van der Waals surface area contributed by atoms with Crippen LogP contribution in [0.5, 0.6) is 0 Å². The zero-order chi connectivity index (χ0) is 21.8. The van der Waals surface area contributed by atoms with Crippen LogP contribution in [-0.2, 0) is 0 Å². The van der Waals surface area contributed by atoms with E-state index in [0.717, 1.165) is 38.8 Å². The van der Waals surface area contributed by atoms with Gasteiger partial charge in [-0.05, 0) is 62.5 Å². The van der Waals surface area contributed by atoms with Crippen LogP contribution in [-0.4, -0.2) is 4.98 Å². The summed E-state index contributed by atoms with van der Waals surface area (Å²) in [5, 5.41) is 7.19. The number of aromatic nitrogens is 1. The van der Waals surface area contributed by atoms with Gasteiger partial charge in [0.1, 0.15) is 11.2 Å². The van der Waals surface area contributed by atoms with Gasteiger partial charge in [0.05, 0.1) is 0 Å². The van der Waals surface area contributed by atoms with Gasteiger partial charge in [-0.3, -0.25) is 4.98 Å². The van der Waals surface area contributed by atoms with Gasteiger partial charge in [0.2, 0.25) is 0 Å². The summed E-state index contributed by atoms with van der Waals surface area (Å²) in [6.07, 6.45) is 3.70. The Morgan fingerprint density at radius 2 is 1.27 bits per heavy atom. The number of rotatable bonds is 2. The molecule has 5 aromatic carbocycles. The molecule has 0 aliphatic rings. The van der Waals surface area contributed by atoms with Crippen LogP contribution in [0.25, 0.3) is 65.7 Å². The van der Waals surface area contributed by atoms with E-state index in [1.165, 1.54) is 26.9 Å². The second-order valence-corrected chi connectivity index (χ2v) is 8.47. The third-order valence-corrected chi connectivity index (χ3v) is 6.52. The Bertz CT molecular complexity index is 1790. The van der Waals surface area contributed by atoms with E-state index in [1.807, 2.05) is 12.3 Å². The highest BCUT2D eigenvalue weighted by Gasteiger charge is 2.17. The lowest BCUT2D eigenvalue weighted by atomic mass is 9.95. The monoisotopic (exact) mass is 421 g/mol. The van der Waals surface area contributed by atoms with Crippen LogP contribution >= 0.6 is 0 Å². The summed E-state index contributed by atoms with van der Waals surface area (Å²) < 4.78 is 6.56. The first-order valence-corrected chi connectivity index (χ1v) is 11.1. The molecule has 0 aliphatic heterocycles. The van der Waals surface area contributed by atoms with Crippen molar-refractivity contribution in [2.24, 2.45) is 0 Å². The van der Waals surface area contributed by atoms with E-state index < -0.39 is 0 Å². The Hall–Kier alpha value is -4.43. The SMILES string of the molecule is c1cncc(-c2ccc(-c3cc4ccccc4c4c3oc3cc5ccccc5cc34)cc2)c1. The molecule has 33 heavy (non-hydrogen) atoms. The average Bonchev–Trinajstić information content (AvgIpc) is 3.26. The molecule has 0 saturated heterocycles. The fraction of sp³-hybridized carbons (Fsp3) is 0. The van der Waals surface area contributed by atoms with Crippen molar-refractivity contribution in [1.29, 1.82) is 0 Å². The van der Waals surface area contributed by atoms with Crippen LogP contribution in [0.1, 0.15) is 0 Å². The van der Waals surface area contributed by atoms with Crippen LogP contribution in [0.15, 0.2) is 120 Å². The zero-order valence-electron chi connectivity index (χ0n) is 17.8. The minimum atomic E-state index is 0.924. The van der Waals surface area contributed by atoms with Crippen LogP contribution in [0.4, 0.5) is 0 Å². The summed E-state index contributed by atoms with van der Waals surface area (Å²) in [4.78, 5) is 4.25. The molecule has 0 radical (unpaired) electrons. The van der Waals surface area contributed by atoms with Crippen molar-refractivity contribution in [2.45, 2.75) is 0 Å². The van der Waals surface area contributed by atoms with E-state index >= 15 is 0 Å². The van der Waals surface area contributed by atoms with Gasteiger partial charge in [-0.1, -0.05) is 78.9 Å². The first-order valence-electron chi connectivity index (χ1n) is 11.1. The molecule has 0 saturated carbocycles. The lowest BCUT2D eigenvalue weighted by Crippen LogP contribution is -1.84. The molecule has 0 atom stereocenters. The van der Waals surface area contributed by atoms with E-state index in [1.54, 1.807) is 6.20 Å². The van der Waals surface area contributed by atoms with Crippen LogP contribution in [0, 0.1) is 0 Å². The second kappa shape index (κ2) is 7.04. The van der Waals surface area contributed by atoms with Crippen LogP contribution < -0.4 is 0 Å². The molecule has 0 aliphatic carbocycles. The van der Waals surface area contributed by atoms with E-state index in [4.69, 9.17) is 4.42 Å². The van der Waals surface area contributed by atoms with Crippen molar-refractivity contribution in [3.63, 3.8) is 0 Å². The van der Waals surface area contributed by atoms with Crippen molar-refractivity contribution in [2.75, 3.05) is 0 Å². The minimum Gasteiger partial charge on any atom is -0.455 e. The first-order chi connectivity index (χ1) is 16.3. The van der Waals surface area contributed by atoms with Crippen molar-refractivity contribution < 1.29 is 4.42 Å². The van der Waals surface area contributed by atoms with Gasteiger partial charge in [0.15, 0.2) is 0 Å². The maximum Gasteiger partial charge on any atom is 0.143 e. The van der Waals surface area contributed by atoms with Gasteiger partial charge in [-0.25, -0.2) is 0 Å². The van der Waals surface area contributed by atoms with Gasteiger partial charge < -0.3 is 4.42 Å². The van der Waals surface area contributed by atoms with E-state index in [-0.39, 0.29) is 0 Å². The third-order valence-electron chi connectivity index (χ3n) is 6.52. The molecule has 0 N–H and O–H groups in total. The fourth-order valence-corrected chi connectivity index (χ4v) is 4.90. The number of fused-ring (bicyclic) bond motifs is 6. The molecule has 0 unspecified atom stereocenters. The molecule has 154 valence electrons. The number of furan rings is 1. The van der Waals surface area contributed by atoms with Crippen LogP contribution in [0.2, 0.25) is 0 Å². The van der Waals surface area contributed by atoms with Crippen molar-refractivity contribution in [3.05, 3.63) is 116 Å². The van der Waals surface area contributed by atoms with Crippen molar-refractivity contribution >= 4 is 43.5 Å². The molecule has 7 rings (SSSR count). The molecular weight excluding hydrogens is 402 g/mol. The van der Waals surface area contributed by atoms with Gasteiger partial charge in [-0.15, -0.1) is 0 Å². The highest BCUT2D eigenvalue weighted by Crippen LogP contribution is 2.42. The van der Waals surface area contributed by atoms with Gasteiger partial charge in [-0.2, -0.15) is 0 Å². The largest absolute Gasteiger partial charge is 0.455 e. The van der Waals surface area contributed by atoms with E-state index in [0.29, 0.717) is 0 Å². The summed E-state index contributed by atoms with van der Waals surface area (Å²) in [6, 6.07) is 36.4. The summed E-state index contributed by atoms with van der Waals surface area (Å²) >= 11 is 0. The Labute approximate surface area is 190 Å². The number of nitrogens with zero attached hydrogens (tertiary/aromatic N) is 1. The molecule has 2 aromatic heterocycles. The van der Waals surface area contributed by atoms with Crippen LogP contribution in [0.3, 0.4) is 0 Å². The number of pyridine rings is 1. The smallest absolute Gasteiger partial charge is 0.143 e. The normalized spacial score (nSPS) is 11.6. The Morgan fingerprint density at radius 1 is 0.545 bits per heavy atom. The highest BCUT2D eigenvalue weighted by molar-refractivity contribution is 6.24. The number of hydrogen-bond donors (Lipinski definition) is 0. The second-order valence-electron chi connectivity index (χ2n) is 8.47. The standard InChI is InChI=1S/C31H19NO/c1-2-7-23-18-29-28(16-22(23)6-1)30-26-10-4-3-8-24(26)17-27(31(30)33-29)21-13-11-20(12-14-21)25-9-5-15-32-19-25/h1-19H. The predicted molar refractivity (Wildman–Crippen MR) is 137 cm³/mol. The Morgan fingerprint density at radius 3 is 2.06 bits per heavy atom. The Kier molecular flexibility index (Phi) is 3.88. The maximum atomic E-state index is 6.56. The van der Waals surface area contributed by atoms with Gasteiger partial charge in [0, 0.05) is 28.7 Å². The third kappa shape index (κ3) is 2.85. The lowest BCUT2D eigenvalue weighted by Gasteiger charge is -2.08. The fourth-order valence-electron chi connectivity index (χ4n) is 4.90. The molecule has 0 amide bonds. The molecule has 0 fully saturated rings. The number of benzene rings is 5. The molecule has 2 nitrogen and oxygen atoms in total. The first kappa shape index (κ1) is 18.2. The molecule has 7 aromatic rings. The summed E-state index contributed by atoms with van der Waals surface area (Å²) in [5.74, 6) is 0. The topological polar surface area (TPSA) is 26.0 Å². The van der Waals surface area contributed by atoms with Gasteiger partial charge in [0.25, 0.3) is 0 Å². The molecule has 0 bridgehead atoms. The minimum absolute atomic E-state index is 0.924. The van der Waals surface area contributed by atoms with E-state index in [9.17, 15) is 0 Å². The van der Waals surface area contributed by atoms with Crippen molar-refractivity contribution in [1.82, 2.24) is 4.98 Å². The highest BCUT2D eigenvalue weighted by atomic mass is 16.3. The molecule has 2 heteroatoms. The predicted octanol–water partition coefficient (Wildman–Crippen LogP) is 8.62. The average molecular weight is 421 g/mol. The quantitative estimate of drug-likeness (QED) is 0.279. The molecular formula is C31H19NO. The molecule has 2 heterocycles. The van der Waals surface area contributed by atoms with Crippen molar-refractivity contribution in [3.8, 4) is 22.3 Å². The number of hydrogen-bond acceptors (Lipinski definition) is 2. The zero-order valence-corrected chi connectivity index (χ0v) is 17.8. The summed E-state index contributed by atoms with van der Waals surface area (Å²) in [6.45, 7) is 0. The molecule has 0 spiro atoms. The van der Waals surface area contributed by atoms with E-state index in [2.05, 4.69) is 102 Å². The Balaban J connectivity index is 1.53. The summed E-state index contributed by atoms with van der Waals surface area (Å²) in [7, 11) is 0. The van der Waals surface area contributed by atoms with Gasteiger partial charge >= 0.3 is 0 Å². The lowest BCUT2D eigenvalue weighted by molar-refractivity contribution is 0.671.